The van der Waals surface area contributed by atoms with Crippen LogP contribution in [0.25, 0.3) is 22.3 Å². The summed E-state index contributed by atoms with van der Waals surface area (Å²) in [4.78, 5) is 75.1. The van der Waals surface area contributed by atoms with E-state index in [0.717, 1.165) is 78.2 Å². The number of benzene rings is 3. The molecule has 3 aromatic carbocycles. The molecular formula is C52H67N9O6. The van der Waals surface area contributed by atoms with Crippen LogP contribution in [-0.2, 0) is 24.5 Å². The first kappa shape index (κ1) is 47.1. The van der Waals surface area contributed by atoms with Crippen molar-refractivity contribution in [1.82, 2.24) is 40.4 Å². The van der Waals surface area contributed by atoms with Crippen molar-refractivity contribution in [1.29, 1.82) is 0 Å². The number of nitrogens with zero attached hydrogens (tertiary/aromatic N) is 5. The third-order valence-electron chi connectivity index (χ3n) is 14.0. The fourth-order valence-corrected chi connectivity index (χ4v) is 10.3. The molecule has 8 rings (SSSR count). The number of ether oxygens (including phenoxy) is 2. The average Bonchev–Trinajstić information content (AvgIpc) is 4.18. The molecule has 67 heavy (non-hydrogen) atoms. The molecule has 15 heteroatoms. The van der Waals surface area contributed by atoms with Crippen molar-refractivity contribution in [2.24, 2.45) is 11.8 Å². The number of likely N-dealkylation sites (tertiary alicyclic amines) is 2. The fraction of sp³-hybridized carbons (Fsp3) is 0.500. The molecule has 2 aromatic heterocycles. The molecular weight excluding hydrogens is 847 g/mol. The van der Waals surface area contributed by atoms with Gasteiger partial charge in [-0.25, -0.2) is 19.6 Å². The largest absolute Gasteiger partial charge is 0.453 e. The van der Waals surface area contributed by atoms with E-state index in [1.165, 1.54) is 30.9 Å². The number of aromatic nitrogens is 4. The van der Waals surface area contributed by atoms with Crippen molar-refractivity contribution < 1.29 is 28.7 Å². The summed E-state index contributed by atoms with van der Waals surface area (Å²) in [5.41, 5.74) is 8.52. The molecule has 3 aliphatic rings. The Hall–Kier alpha value is -6.38. The molecule has 3 aliphatic heterocycles. The van der Waals surface area contributed by atoms with Crippen LogP contribution in [0.4, 0.5) is 15.3 Å². The predicted molar refractivity (Wildman–Crippen MR) is 258 cm³/mol. The Morgan fingerprint density at radius 2 is 1.21 bits per heavy atom. The smallest absolute Gasteiger partial charge is 0.407 e. The highest BCUT2D eigenvalue weighted by atomic mass is 16.5. The Labute approximate surface area is 393 Å². The van der Waals surface area contributed by atoms with Gasteiger partial charge in [-0.1, -0.05) is 90.9 Å². The van der Waals surface area contributed by atoms with Crippen molar-refractivity contribution >= 4 is 40.7 Å². The molecule has 15 nitrogen and oxygen atoms in total. The summed E-state index contributed by atoms with van der Waals surface area (Å²) in [6.45, 7) is 15.6. The number of aromatic amines is 2. The molecule has 0 spiro atoms. The SMILES string of the molecule is COC(=O)N[C@H](C(=O)N1CCC[C@H]1c1ncc(-c2ccc([C@@H]3CC[C@@H](c4ccc5nc([C@@H]6CCCN6C(=O)[C@@H](NC(=O)OC)C(C)C)[nH]c5c4)N3c3ccc(C(C)(C)C)cc3)cc2)[nH]1)C(C)C. The second-order valence-corrected chi connectivity index (χ2v) is 20.1. The number of methoxy groups -OCH3 is 2. The van der Waals surface area contributed by atoms with Crippen LogP contribution in [0, 0.1) is 11.8 Å². The zero-order valence-corrected chi connectivity index (χ0v) is 40.4. The summed E-state index contributed by atoms with van der Waals surface area (Å²) in [5, 5.41) is 5.47. The zero-order valence-electron chi connectivity index (χ0n) is 40.4. The van der Waals surface area contributed by atoms with Gasteiger partial charge in [-0.15, -0.1) is 0 Å². The number of imidazole rings is 2. The summed E-state index contributed by atoms with van der Waals surface area (Å²) in [6.07, 6.45) is 5.75. The Morgan fingerprint density at radius 1 is 0.672 bits per heavy atom. The maximum absolute atomic E-state index is 13.9. The number of hydrogen-bond acceptors (Lipinski definition) is 9. The Kier molecular flexibility index (Phi) is 13.7. The number of H-pyrrole nitrogens is 2. The Morgan fingerprint density at radius 3 is 1.75 bits per heavy atom. The van der Waals surface area contributed by atoms with Crippen LogP contribution in [0.1, 0.15) is 139 Å². The Bertz CT molecular complexity index is 2560. The molecule has 4 N–H and O–H groups in total. The van der Waals surface area contributed by atoms with Gasteiger partial charge in [-0.2, -0.15) is 0 Å². The van der Waals surface area contributed by atoms with Gasteiger partial charge in [-0.3, -0.25) is 9.59 Å². The number of anilines is 1. The van der Waals surface area contributed by atoms with Crippen LogP contribution >= 0.6 is 0 Å². The minimum Gasteiger partial charge on any atom is -0.453 e. The first-order valence-electron chi connectivity index (χ1n) is 23.9. The van der Waals surface area contributed by atoms with Crippen LogP contribution in [-0.4, -0.2) is 93.1 Å². The van der Waals surface area contributed by atoms with Gasteiger partial charge in [0.15, 0.2) is 0 Å². The minimum absolute atomic E-state index is 0.0188. The van der Waals surface area contributed by atoms with Gasteiger partial charge >= 0.3 is 12.2 Å². The first-order valence-corrected chi connectivity index (χ1v) is 23.9. The lowest BCUT2D eigenvalue weighted by Crippen LogP contribution is -2.51. The molecule has 3 saturated heterocycles. The third kappa shape index (κ3) is 9.73. The lowest BCUT2D eigenvalue weighted by molar-refractivity contribution is -0.136. The van der Waals surface area contributed by atoms with Crippen molar-refractivity contribution in [3.05, 3.63) is 101 Å². The molecule has 0 saturated carbocycles. The second-order valence-electron chi connectivity index (χ2n) is 20.1. The van der Waals surface area contributed by atoms with Crippen molar-refractivity contribution in [2.75, 3.05) is 32.2 Å². The highest BCUT2D eigenvalue weighted by Crippen LogP contribution is 2.48. The number of rotatable bonds is 12. The molecule has 5 aromatic rings. The summed E-state index contributed by atoms with van der Waals surface area (Å²) in [5.74, 6) is 0.988. The summed E-state index contributed by atoms with van der Waals surface area (Å²) in [7, 11) is 2.60. The van der Waals surface area contributed by atoms with Crippen LogP contribution in [0.2, 0.25) is 0 Å². The standard InChI is InChI=1S/C52H67N9O6/c1-30(2)44(57-50(64)66-8)48(62)59-26-10-12-42(59)46-53-29-39(56-46)32-14-16-33(17-15-32)40-24-25-41(61(40)36-21-19-35(20-22-36)52(5,6)7)34-18-23-37-38(28-34)55-47(54-37)43-13-11-27-60(43)49(63)45(31(3)4)58-51(65)67-9/h14-23,28-31,40-45H,10-13,24-27H2,1-9H3,(H,53,56)(H,54,55)(H,57,64)(H,58,65)/t40-,41-,42-,43-,44-,45-/m0/s1. The number of amides is 4. The van der Waals surface area contributed by atoms with Gasteiger partial charge in [0, 0.05) is 18.8 Å². The van der Waals surface area contributed by atoms with E-state index in [-0.39, 0.29) is 53.2 Å². The summed E-state index contributed by atoms with van der Waals surface area (Å²) in [6, 6.07) is 22.6. The number of carbonyl (C=O) groups excluding carboxylic acids is 4. The van der Waals surface area contributed by atoms with Gasteiger partial charge in [0.1, 0.15) is 23.7 Å². The Balaban J connectivity index is 1.04. The monoisotopic (exact) mass is 914 g/mol. The van der Waals surface area contributed by atoms with Crippen LogP contribution < -0.4 is 15.5 Å². The van der Waals surface area contributed by atoms with E-state index in [9.17, 15) is 19.2 Å². The normalized spacial score (nSPS) is 20.7. The van der Waals surface area contributed by atoms with Crippen molar-refractivity contribution in [3.8, 4) is 11.3 Å². The van der Waals surface area contributed by atoms with Gasteiger partial charge < -0.3 is 44.8 Å². The van der Waals surface area contributed by atoms with Crippen LogP contribution in [0.3, 0.4) is 0 Å². The van der Waals surface area contributed by atoms with E-state index in [1.54, 1.807) is 0 Å². The number of nitrogens with one attached hydrogen (secondary N) is 4. The number of hydrogen-bond donors (Lipinski definition) is 4. The number of fused-ring (bicyclic) bond motifs is 1. The second kappa shape index (κ2) is 19.5. The molecule has 0 aliphatic carbocycles. The minimum atomic E-state index is -0.702. The molecule has 5 heterocycles. The molecule has 3 fully saturated rings. The number of carbonyl (C=O) groups is 4. The van der Waals surface area contributed by atoms with Gasteiger partial charge in [0.05, 0.1) is 61.3 Å². The van der Waals surface area contributed by atoms with E-state index < -0.39 is 24.3 Å². The van der Waals surface area contributed by atoms with E-state index in [4.69, 9.17) is 19.4 Å². The van der Waals surface area contributed by atoms with Gasteiger partial charge in [0.25, 0.3) is 0 Å². The number of alkyl carbamates (subject to hydrolysis) is 2. The van der Waals surface area contributed by atoms with Gasteiger partial charge in [-0.05, 0) is 102 Å². The fourth-order valence-electron chi connectivity index (χ4n) is 10.3. The molecule has 0 bridgehead atoms. The highest BCUT2D eigenvalue weighted by molar-refractivity contribution is 5.87. The third-order valence-corrected chi connectivity index (χ3v) is 14.0. The predicted octanol–water partition coefficient (Wildman–Crippen LogP) is 9.42. The van der Waals surface area contributed by atoms with Crippen molar-refractivity contribution in [3.63, 3.8) is 0 Å². The van der Waals surface area contributed by atoms with Crippen LogP contribution in [0.5, 0.6) is 0 Å². The lowest BCUT2D eigenvalue weighted by Gasteiger charge is -2.34. The molecule has 0 radical (unpaired) electrons. The van der Waals surface area contributed by atoms with E-state index >= 15 is 0 Å². The summed E-state index contributed by atoms with van der Waals surface area (Å²) < 4.78 is 9.64. The zero-order chi connectivity index (χ0) is 47.7. The molecule has 0 unspecified atom stereocenters. The maximum Gasteiger partial charge on any atom is 0.407 e. The topological polar surface area (TPSA) is 178 Å². The highest BCUT2D eigenvalue weighted by Gasteiger charge is 2.40. The van der Waals surface area contributed by atoms with E-state index in [0.29, 0.717) is 13.1 Å². The molecule has 4 amide bonds. The quantitative estimate of drug-likeness (QED) is 0.0950. The van der Waals surface area contributed by atoms with Crippen molar-refractivity contribution in [2.45, 2.75) is 129 Å². The van der Waals surface area contributed by atoms with E-state index in [1.807, 2.05) is 43.7 Å². The van der Waals surface area contributed by atoms with Gasteiger partial charge in [0.2, 0.25) is 11.8 Å². The van der Waals surface area contributed by atoms with Crippen LogP contribution in [0.15, 0.2) is 72.9 Å². The lowest BCUT2D eigenvalue weighted by atomic mass is 9.87. The maximum atomic E-state index is 13.9. The molecule has 356 valence electrons. The average molecular weight is 914 g/mol. The molecule has 6 atom stereocenters. The first-order chi connectivity index (χ1) is 32.1. The van der Waals surface area contributed by atoms with E-state index in [2.05, 4.69) is 113 Å². The summed E-state index contributed by atoms with van der Waals surface area (Å²) >= 11 is 0.